The van der Waals surface area contributed by atoms with Gasteiger partial charge in [-0.3, -0.25) is 0 Å². The number of aromatic amines is 1. The Kier molecular flexibility index (Phi) is 5.00. The molecule has 3 rings (SSSR count). The van der Waals surface area contributed by atoms with Crippen LogP contribution in [-0.2, 0) is 6.18 Å². The molecule has 0 atom stereocenters. The maximum atomic E-state index is 14.2. The van der Waals surface area contributed by atoms with E-state index < -0.39 is 28.9 Å². The Bertz CT molecular complexity index is 1040. The number of hydrogen-bond acceptors (Lipinski definition) is 5. The van der Waals surface area contributed by atoms with Crippen LogP contribution in [0.25, 0.3) is 22.6 Å². The Balaban J connectivity index is 2.10. The van der Waals surface area contributed by atoms with Gasteiger partial charge in [0.1, 0.15) is 29.1 Å². The van der Waals surface area contributed by atoms with Crippen molar-refractivity contribution < 1.29 is 22.3 Å². The van der Waals surface area contributed by atoms with Gasteiger partial charge in [-0.05, 0) is 26.0 Å². The lowest BCUT2D eigenvalue weighted by Gasteiger charge is -2.11. The maximum absolute atomic E-state index is 14.2. The predicted octanol–water partition coefficient (Wildman–Crippen LogP) is 4.35. The van der Waals surface area contributed by atoms with E-state index in [2.05, 4.69) is 19.9 Å². The van der Waals surface area contributed by atoms with E-state index in [0.717, 1.165) is 18.2 Å². The zero-order chi connectivity index (χ0) is 20.5. The van der Waals surface area contributed by atoms with Crippen molar-refractivity contribution in [2.75, 3.05) is 0 Å². The lowest BCUT2D eigenvalue weighted by atomic mass is 10.1. The number of nitrogens with zero attached hydrogens (tertiary/aromatic N) is 4. The molecule has 6 nitrogen and oxygen atoms in total. The van der Waals surface area contributed by atoms with E-state index in [1.165, 1.54) is 12.4 Å². The van der Waals surface area contributed by atoms with Crippen LogP contribution in [0.3, 0.4) is 0 Å². The van der Waals surface area contributed by atoms with Crippen molar-refractivity contribution in [2.24, 2.45) is 0 Å². The van der Waals surface area contributed by atoms with Gasteiger partial charge >= 0.3 is 12.2 Å². The van der Waals surface area contributed by atoms with E-state index in [4.69, 9.17) is 4.74 Å². The fourth-order valence-corrected chi connectivity index (χ4v) is 2.49. The van der Waals surface area contributed by atoms with E-state index in [-0.39, 0.29) is 29.1 Å². The highest BCUT2D eigenvalue weighted by Gasteiger charge is 2.36. The van der Waals surface area contributed by atoms with Gasteiger partial charge in [0.05, 0.1) is 17.2 Å². The molecule has 3 aromatic rings. The molecule has 0 bridgehead atoms. The summed E-state index contributed by atoms with van der Waals surface area (Å²) in [5.74, 6) is -1.53. The molecule has 0 aliphatic carbocycles. The summed E-state index contributed by atoms with van der Waals surface area (Å²) in [6.45, 7) is 3.58. The van der Waals surface area contributed by atoms with Crippen molar-refractivity contribution in [2.45, 2.75) is 26.1 Å². The standard InChI is InChI=1S/C18H13F4N5O/c1-9(2)28-17-24-7-10(8-25-17)15-13(6-23)26-16(27-15)14-11(18(20,21)22)4-3-5-12(14)19/h3-5,7-9H,1-2H3,(H,26,27). The Morgan fingerprint density at radius 2 is 1.86 bits per heavy atom. The third-order valence-corrected chi connectivity index (χ3v) is 3.61. The molecule has 0 spiro atoms. The lowest BCUT2D eigenvalue weighted by Crippen LogP contribution is -2.09. The number of halogens is 4. The fraction of sp³-hybridized carbons (Fsp3) is 0.222. The third-order valence-electron chi connectivity index (χ3n) is 3.61. The van der Waals surface area contributed by atoms with Crippen molar-refractivity contribution in [1.82, 2.24) is 19.9 Å². The Morgan fingerprint density at radius 3 is 2.43 bits per heavy atom. The van der Waals surface area contributed by atoms with Gasteiger partial charge in [-0.2, -0.15) is 18.4 Å². The van der Waals surface area contributed by atoms with Gasteiger partial charge in [0.15, 0.2) is 0 Å². The zero-order valence-corrected chi connectivity index (χ0v) is 14.7. The minimum Gasteiger partial charge on any atom is -0.461 e. The summed E-state index contributed by atoms with van der Waals surface area (Å²) in [6, 6.07) is 4.49. The first kappa shape index (κ1) is 19.3. The van der Waals surface area contributed by atoms with Gasteiger partial charge in [-0.25, -0.2) is 19.3 Å². The van der Waals surface area contributed by atoms with E-state index in [0.29, 0.717) is 0 Å². The maximum Gasteiger partial charge on any atom is 0.417 e. The molecular weight excluding hydrogens is 378 g/mol. The van der Waals surface area contributed by atoms with Gasteiger partial charge in [0.25, 0.3) is 0 Å². The second-order valence-electron chi connectivity index (χ2n) is 6.00. The van der Waals surface area contributed by atoms with Crippen LogP contribution in [-0.4, -0.2) is 26.0 Å². The summed E-state index contributed by atoms with van der Waals surface area (Å²) in [5, 5.41) is 9.31. The summed E-state index contributed by atoms with van der Waals surface area (Å²) in [4.78, 5) is 14.4. The number of H-pyrrole nitrogens is 1. The minimum atomic E-state index is -4.80. The lowest BCUT2D eigenvalue weighted by molar-refractivity contribution is -0.137. The molecule has 0 radical (unpaired) electrons. The first-order valence-corrected chi connectivity index (χ1v) is 8.06. The van der Waals surface area contributed by atoms with Crippen LogP contribution >= 0.6 is 0 Å². The first-order valence-electron chi connectivity index (χ1n) is 8.06. The largest absolute Gasteiger partial charge is 0.461 e. The van der Waals surface area contributed by atoms with E-state index in [9.17, 15) is 22.8 Å². The first-order chi connectivity index (χ1) is 13.2. The number of nitrogens with one attached hydrogen (secondary N) is 1. The summed E-state index contributed by atoms with van der Waals surface area (Å²) in [6.07, 6.45) is -2.31. The van der Waals surface area contributed by atoms with Gasteiger partial charge < -0.3 is 9.72 Å². The number of nitriles is 1. The molecule has 0 saturated heterocycles. The number of imidazole rings is 1. The van der Waals surface area contributed by atoms with Gasteiger partial charge in [-0.1, -0.05) is 6.07 Å². The van der Waals surface area contributed by atoms with Crippen molar-refractivity contribution in [3.8, 4) is 34.7 Å². The zero-order valence-electron chi connectivity index (χ0n) is 14.7. The monoisotopic (exact) mass is 391 g/mol. The molecule has 10 heteroatoms. The summed E-state index contributed by atoms with van der Waals surface area (Å²) < 4.78 is 59.3. The minimum absolute atomic E-state index is 0.00461. The van der Waals surface area contributed by atoms with Crippen LogP contribution in [0.2, 0.25) is 0 Å². The van der Waals surface area contributed by atoms with Crippen LogP contribution in [0.1, 0.15) is 25.1 Å². The summed E-state index contributed by atoms with van der Waals surface area (Å²) in [7, 11) is 0. The molecule has 0 saturated carbocycles. The molecule has 2 aromatic heterocycles. The third kappa shape index (κ3) is 3.78. The smallest absolute Gasteiger partial charge is 0.417 e. The van der Waals surface area contributed by atoms with Crippen LogP contribution in [0.4, 0.5) is 17.6 Å². The van der Waals surface area contributed by atoms with Crippen LogP contribution in [0, 0.1) is 17.1 Å². The normalized spacial score (nSPS) is 11.5. The topological polar surface area (TPSA) is 87.5 Å². The number of alkyl halides is 3. The highest BCUT2D eigenvalue weighted by molar-refractivity contribution is 5.71. The van der Waals surface area contributed by atoms with Gasteiger partial charge in [0.2, 0.25) is 0 Å². The average Bonchev–Trinajstić information content (AvgIpc) is 3.05. The molecular formula is C18H13F4N5O. The molecule has 0 aliphatic rings. The second-order valence-corrected chi connectivity index (χ2v) is 6.00. The second kappa shape index (κ2) is 7.26. The van der Waals surface area contributed by atoms with Crippen LogP contribution in [0.15, 0.2) is 30.6 Å². The van der Waals surface area contributed by atoms with Gasteiger partial charge in [-0.15, -0.1) is 0 Å². The molecule has 144 valence electrons. The molecule has 0 amide bonds. The molecule has 1 N–H and O–H groups in total. The van der Waals surface area contributed by atoms with E-state index in [1.807, 2.05) is 0 Å². The highest BCUT2D eigenvalue weighted by atomic mass is 19.4. The quantitative estimate of drug-likeness (QED) is 0.668. The van der Waals surface area contributed by atoms with Crippen LogP contribution in [0.5, 0.6) is 6.01 Å². The predicted molar refractivity (Wildman–Crippen MR) is 90.5 cm³/mol. The number of ether oxygens (including phenoxy) is 1. The number of rotatable bonds is 4. The molecule has 0 aliphatic heterocycles. The number of benzene rings is 1. The van der Waals surface area contributed by atoms with Crippen molar-refractivity contribution >= 4 is 0 Å². The Morgan fingerprint density at radius 1 is 1.18 bits per heavy atom. The number of aromatic nitrogens is 4. The van der Waals surface area contributed by atoms with E-state index in [1.54, 1.807) is 19.9 Å². The van der Waals surface area contributed by atoms with Crippen molar-refractivity contribution in [3.05, 3.63) is 47.7 Å². The Labute approximate surface area is 156 Å². The van der Waals surface area contributed by atoms with Crippen molar-refractivity contribution in [1.29, 1.82) is 5.26 Å². The SMILES string of the molecule is CC(C)Oc1ncc(-c2nc(-c3c(F)cccc3C(F)(F)F)[nH]c2C#N)cn1. The van der Waals surface area contributed by atoms with Crippen LogP contribution < -0.4 is 4.74 Å². The summed E-state index contributed by atoms with van der Waals surface area (Å²) >= 11 is 0. The van der Waals surface area contributed by atoms with Crippen molar-refractivity contribution in [3.63, 3.8) is 0 Å². The summed E-state index contributed by atoms with van der Waals surface area (Å²) in [5.41, 5.74) is -1.84. The average molecular weight is 391 g/mol. The van der Waals surface area contributed by atoms with Gasteiger partial charge in [0, 0.05) is 18.0 Å². The Hall–Kier alpha value is -3.48. The molecule has 0 unspecified atom stereocenters. The molecule has 1 aromatic carbocycles. The molecule has 2 heterocycles. The fourth-order valence-electron chi connectivity index (χ4n) is 2.49. The highest BCUT2D eigenvalue weighted by Crippen LogP contribution is 2.38. The van der Waals surface area contributed by atoms with E-state index >= 15 is 0 Å². The number of hydrogen-bond donors (Lipinski definition) is 1. The molecule has 28 heavy (non-hydrogen) atoms. The molecule has 0 fully saturated rings.